The van der Waals surface area contributed by atoms with E-state index in [1.54, 1.807) is 0 Å². The maximum Gasteiger partial charge on any atom is 0.266 e. The highest BCUT2D eigenvalue weighted by molar-refractivity contribution is 7.12. The molecule has 1 amide bonds. The number of ether oxygens (including phenoxy) is 1. The molecule has 0 radical (unpaired) electrons. The van der Waals surface area contributed by atoms with Crippen LogP contribution in [-0.2, 0) is 13.2 Å². The van der Waals surface area contributed by atoms with Gasteiger partial charge in [-0.3, -0.25) is 9.48 Å². The van der Waals surface area contributed by atoms with E-state index >= 15 is 0 Å². The number of carbonyl (C=O) groups is 1. The zero-order valence-corrected chi connectivity index (χ0v) is 18.7. The van der Waals surface area contributed by atoms with Crippen molar-refractivity contribution in [2.24, 2.45) is 0 Å². The lowest BCUT2D eigenvalue weighted by molar-refractivity contribution is 0.103. The second-order valence-electron chi connectivity index (χ2n) is 7.69. The maximum absolute atomic E-state index is 12.6. The summed E-state index contributed by atoms with van der Waals surface area (Å²) in [6.45, 7) is 7.30. The van der Waals surface area contributed by atoms with Crippen molar-refractivity contribution in [3.8, 4) is 5.75 Å². The fraction of sp³-hybridized carbons (Fsp3) is 0.200. The molecule has 0 saturated heterocycles. The number of benzene rings is 2. The Morgan fingerprint density at radius 2 is 1.81 bits per heavy atom. The Labute approximate surface area is 186 Å². The lowest BCUT2D eigenvalue weighted by Gasteiger charge is -2.07. The Balaban J connectivity index is 1.33. The van der Waals surface area contributed by atoms with Crippen LogP contribution >= 0.6 is 11.3 Å². The standard InChI is InChI=1S/C25H25N3O2S/c1-17-4-7-20(8-5-17)14-28-11-10-24(27-28)26-25(29)23-13-21(16-31-23)15-30-22-9-6-18(2)19(3)12-22/h4-13,16H,14-15H2,1-3H3,(H,26,27,29). The molecular formula is C25H25N3O2S. The van der Waals surface area contributed by atoms with Crippen LogP contribution in [0.2, 0.25) is 0 Å². The highest BCUT2D eigenvalue weighted by atomic mass is 32.1. The number of nitrogens with one attached hydrogen (secondary N) is 1. The normalized spacial score (nSPS) is 10.8. The van der Waals surface area contributed by atoms with Gasteiger partial charge in [0.2, 0.25) is 0 Å². The molecule has 2 heterocycles. The van der Waals surface area contributed by atoms with Crippen molar-refractivity contribution >= 4 is 23.1 Å². The van der Waals surface area contributed by atoms with Gasteiger partial charge in [-0.15, -0.1) is 11.3 Å². The summed E-state index contributed by atoms with van der Waals surface area (Å²) in [5, 5.41) is 9.28. The molecule has 0 aliphatic heterocycles. The summed E-state index contributed by atoms with van der Waals surface area (Å²) in [6, 6.07) is 18.1. The third-order valence-electron chi connectivity index (χ3n) is 5.11. The van der Waals surface area contributed by atoms with Gasteiger partial charge in [-0.2, -0.15) is 5.10 Å². The number of hydrogen-bond acceptors (Lipinski definition) is 4. The Morgan fingerprint density at radius 1 is 1.00 bits per heavy atom. The number of aromatic nitrogens is 2. The zero-order valence-electron chi connectivity index (χ0n) is 17.9. The Kier molecular flexibility index (Phi) is 6.18. The van der Waals surface area contributed by atoms with Gasteiger partial charge in [0.15, 0.2) is 5.82 Å². The predicted molar refractivity (Wildman–Crippen MR) is 125 cm³/mol. The summed E-state index contributed by atoms with van der Waals surface area (Å²) in [6.07, 6.45) is 1.87. The van der Waals surface area contributed by atoms with Crippen LogP contribution in [0.15, 0.2) is 66.2 Å². The first-order chi connectivity index (χ1) is 15.0. The minimum atomic E-state index is -0.164. The van der Waals surface area contributed by atoms with Crippen LogP contribution in [0, 0.1) is 20.8 Å². The zero-order chi connectivity index (χ0) is 21.8. The molecule has 0 atom stereocenters. The van der Waals surface area contributed by atoms with Crippen molar-refractivity contribution in [2.45, 2.75) is 33.9 Å². The van der Waals surface area contributed by atoms with Gasteiger partial charge in [-0.25, -0.2) is 0 Å². The number of carbonyl (C=O) groups excluding carboxylic acids is 1. The molecule has 5 nitrogen and oxygen atoms in total. The monoisotopic (exact) mass is 431 g/mol. The van der Waals surface area contributed by atoms with Gasteiger partial charge in [-0.05, 0) is 61.0 Å². The van der Waals surface area contributed by atoms with E-state index in [1.165, 1.54) is 33.6 Å². The van der Waals surface area contributed by atoms with Crippen molar-refractivity contribution in [1.29, 1.82) is 0 Å². The van der Waals surface area contributed by atoms with Gasteiger partial charge < -0.3 is 10.1 Å². The lowest BCUT2D eigenvalue weighted by atomic mass is 10.1. The molecule has 2 aromatic heterocycles. The molecule has 1 N–H and O–H groups in total. The minimum absolute atomic E-state index is 0.164. The maximum atomic E-state index is 12.6. The molecule has 4 aromatic rings. The average Bonchev–Trinajstić information content (AvgIpc) is 3.40. The first kappa shape index (κ1) is 20.9. The summed E-state index contributed by atoms with van der Waals surface area (Å²) in [7, 11) is 0. The van der Waals surface area contributed by atoms with E-state index in [9.17, 15) is 4.79 Å². The Hall–Kier alpha value is -3.38. The highest BCUT2D eigenvalue weighted by Gasteiger charge is 2.12. The molecular weight excluding hydrogens is 406 g/mol. The van der Waals surface area contributed by atoms with Crippen LogP contribution in [0.4, 0.5) is 5.82 Å². The summed E-state index contributed by atoms with van der Waals surface area (Å²) in [5.41, 5.74) is 5.80. The number of hydrogen-bond donors (Lipinski definition) is 1. The van der Waals surface area contributed by atoms with Crippen molar-refractivity contribution in [3.63, 3.8) is 0 Å². The molecule has 0 aliphatic carbocycles. The Bertz CT molecular complexity index is 1190. The van der Waals surface area contributed by atoms with Gasteiger partial charge in [0, 0.05) is 17.8 Å². The fourth-order valence-electron chi connectivity index (χ4n) is 3.12. The number of anilines is 1. The molecule has 158 valence electrons. The van der Waals surface area contributed by atoms with Crippen molar-refractivity contribution in [2.75, 3.05) is 5.32 Å². The van der Waals surface area contributed by atoms with Crippen LogP contribution in [0.1, 0.15) is 37.5 Å². The Morgan fingerprint density at radius 3 is 2.58 bits per heavy atom. The second kappa shape index (κ2) is 9.18. The molecule has 0 fully saturated rings. The first-order valence-corrected chi connectivity index (χ1v) is 11.0. The largest absolute Gasteiger partial charge is 0.489 e. The quantitative estimate of drug-likeness (QED) is 0.405. The van der Waals surface area contributed by atoms with Crippen molar-refractivity contribution in [1.82, 2.24) is 9.78 Å². The first-order valence-electron chi connectivity index (χ1n) is 10.1. The third kappa shape index (κ3) is 5.41. The number of aryl methyl sites for hydroxylation is 3. The van der Waals surface area contributed by atoms with Crippen molar-refractivity contribution in [3.05, 3.63) is 98.9 Å². The number of amides is 1. The topological polar surface area (TPSA) is 56.2 Å². The SMILES string of the molecule is Cc1ccc(Cn2ccc(NC(=O)c3cc(COc4ccc(C)c(C)c4)cs3)n2)cc1. The van der Waals surface area contributed by atoms with E-state index in [0.717, 1.165) is 11.3 Å². The smallest absolute Gasteiger partial charge is 0.266 e. The van der Waals surface area contributed by atoms with Crippen LogP contribution in [0.25, 0.3) is 0 Å². The summed E-state index contributed by atoms with van der Waals surface area (Å²) in [4.78, 5) is 13.2. The van der Waals surface area contributed by atoms with E-state index in [0.29, 0.717) is 23.8 Å². The molecule has 0 bridgehead atoms. The van der Waals surface area contributed by atoms with E-state index in [4.69, 9.17) is 4.74 Å². The van der Waals surface area contributed by atoms with E-state index in [1.807, 2.05) is 40.5 Å². The van der Waals surface area contributed by atoms with Gasteiger partial charge in [0.25, 0.3) is 5.91 Å². The average molecular weight is 432 g/mol. The fourth-order valence-corrected chi connectivity index (χ4v) is 3.91. The molecule has 0 saturated carbocycles. The van der Waals surface area contributed by atoms with Gasteiger partial charge >= 0.3 is 0 Å². The van der Waals surface area contributed by atoms with Crippen molar-refractivity contribution < 1.29 is 9.53 Å². The highest BCUT2D eigenvalue weighted by Crippen LogP contribution is 2.21. The second-order valence-corrected chi connectivity index (χ2v) is 8.60. The molecule has 0 unspecified atom stereocenters. The van der Waals surface area contributed by atoms with Crippen LogP contribution < -0.4 is 10.1 Å². The van der Waals surface area contributed by atoms with E-state index in [2.05, 4.69) is 61.5 Å². The summed E-state index contributed by atoms with van der Waals surface area (Å²) >= 11 is 1.40. The van der Waals surface area contributed by atoms with Crippen LogP contribution in [0.3, 0.4) is 0 Å². The summed E-state index contributed by atoms with van der Waals surface area (Å²) < 4.78 is 7.68. The molecule has 2 aromatic carbocycles. The molecule has 31 heavy (non-hydrogen) atoms. The van der Waals surface area contributed by atoms with Gasteiger partial charge in [0.1, 0.15) is 12.4 Å². The van der Waals surface area contributed by atoms with Crippen LogP contribution in [0.5, 0.6) is 5.75 Å². The number of thiophene rings is 1. The van der Waals surface area contributed by atoms with Gasteiger partial charge in [0.05, 0.1) is 11.4 Å². The van der Waals surface area contributed by atoms with E-state index in [-0.39, 0.29) is 5.91 Å². The number of nitrogens with zero attached hydrogens (tertiary/aromatic N) is 2. The predicted octanol–water partition coefficient (Wildman–Crippen LogP) is 5.75. The van der Waals surface area contributed by atoms with E-state index < -0.39 is 0 Å². The summed E-state index contributed by atoms with van der Waals surface area (Å²) in [5.74, 6) is 1.21. The molecule has 4 rings (SSSR count). The minimum Gasteiger partial charge on any atom is -0.489 e. The molecule has 6 heteroatoms. The number of rotatable bonds is 7. The molecule has 0 aliphatic rings. The van der Waals surface area contributed by atoms with Gasteiger partial charge in [-0.1, -0.05) is 35.9 Å². The van der Waals surface area contributed by atoms with Crippen LogP contribution in [-0.4, -0.2) is 15.7 Å². The molecule has 0 spiro atoms. The lowest BCUT2D eigenvalue weighted by Crippen LogP contribution is -2.11. The third-order valence-corrected chi connectivity index (χ3v) is 6.09.